The van der Waals surface area contributed by atoms with E-state index in [1.807, 2.05) is 0 Å². The maximum Gasteiger partial charge on any atom is 0.226 e. The summed E-state index contributed by atoms with van der Waals surface area (Å²) in [7, 11) is 0. The Morgan fingerprint density at radius 3 is 2.68 bits per heavy atom. The van der Waals surface area contributed by atoms with E-state index in [0.717, 1.165) is 30.1 Å². The molecule has 2 saturated carbocycles. The van der Waals surface area contributed by atoms with Crippen molar-refractivity contribution in [3.8, 4) is 0 Å². The minimum absolute atomic E-state index is 0.0342. The summed E-state index contributed by atoms with van der Waals surface area (Å²) < 4.78 is 5.41. The van der Waals surface area contributed by atoms with Gasteiger partial charge in [-0.25, -0.2) is 0 Å². The van der Waals surface area contributed by atoms with E-state index in [1.165, 1.54) is 25.7 Å². The predicted molar refractivity (Wildman–Crippen MR) is 73.3 cm³/mol. The zero-order valence-electron chi connectivity index (χ0n) is 12.2. The third kappa shape index (κ3) is 2.55. The minimum Gasteiger partial charge on any atom is -0.339 e. The van der Waals surface area contributed by atoms with Crippen molar-refractivity contribution in [2.45, 2.75) is 58.9 Å². The molecule has 0 amide bonds. The SMILES string of the molecule is CC(C)(C)C(N)c1noc(CC2CC3CCC2C3)n1. The molecule has 106 valence electrons. The number of nitrogens with two attached hydrogens (primary N) is 1. The molecule has 0 aliphatic heterocycles. The molecule has 0 saturated heterocycles. The van der Waals surface area contributed by atoms with E-state index in [4.69, 9.17) is 10.3 Å². The molecular weight excluding hydrogens is 238 g/mol. The van der Waals surface area contributed by atoms with Gasteiger partial charge in [-0.3, -0.25) is 0 Å². The van der Waals surface area contributed by atoms with Crippen LogP contribution >= 0.6 is 0 Å². The highest BCUT2D eigenvalue weighted by Gasteiger charge is 2.40. The Labute approximate surface area is 115 Å². The smallest absolute Gasteiger partial charge is 0.226 e. The summed E-state index contributed by atoms with van der Waals surface area (Å²) >= 11 is 0. The summed E-state index contributed by atoms with van der Waals surface area (Å²) in [6.07, 6.45) is 6.56. The third-order valence-electron chi connectivity index (χ3n) is 5.02. The van der Waals surface area contributed by atoms with E-state index in [-0.39, 0.29) is 11.5 Å². The molecule has 2 bridgehead atoms. The molecule has 2 aliphatic carbocycles. The molecule has 4 nitrogen and oxygen atoms in total. The third-order valence-corrected chi connectivity index (χ3v) is 5.02. The minimum atomic E-state index is -0.162. The Bertz CT molecular complexity index is 448. The van der Waals surface area contributed by atoms with Gasteiger partial charge in [0.15, 0.2) is 5.82 Å². The van der Waals surface area contributed by atoms with E-state index >= 15 is 0 Å². The van der Waals surface area contributed by atoms with Gasteiger partial charge in [0.1, 0.15) is 0 Å². The Kier molecular flexibility index (Phi) is 3.16. The second-order valence-corrected chi connectivity index (χ2v) is 7.53. The van der Waals surface area contributed by atoms with Gasteiger partial charge in [0.2, 0.25) is 5.89 Å². The van der Waals surface area contributed by atoms with E-state index < -0.39 is 0 Å². The van der Waals surface area contributed by atoms with Crippen molar-refractivity contribution in [3.63, 3.8) is 0 Å². The van der Waals surface area contributed by atoms with Gasteiger partial charge in [0.25, 0.3) is 0 Å². The van der Waals surface area contributed by atoms with Crippen LogP contribution < -0.4 is 5.73 Å². The lowest BCUT2D eigenvalue weighted by atomic mass is 9.86. The summed E-state index contributed by atoms with van der Waals surface area (Å²) in [5.74, 6) is 4.07. The number of fused-ring (bicyclic) bond motifs is 2. The van der Waals surface area contributed by atoms with Crippen LogP contribution in [-0.2, 0) is 6.42 Å². The van der Waals surface area contributed by atoms with Gasteiger partial charge in [0, 0.05) is 6.42 Å². The number of hydrogen-bond acceptors (Lipinski definition) is 4. The number of nitrogens with zero attached hydrogens (tertiary/aromatic N) is 2. The van der Waals surface area contributed by atoms with Gasteiger partial charge in [0.05, 0.1) is 6.04 Å². The van der Waals surface area contributed by atoms with Crippen LogP contribution in [0.25, 0.3) is 0 Å². The number of rotatable bonds is 3. The van der Waals surface area contributed by atoms with Crippen molar-refractivity contribution >= 4 is 0 Å². The normalized spacial score (nSPS) is 31.9. The predicted octanol–water partition coefficient (Wildman–Crippen LogP) is 3.09. The van der Waals surface area contributed by atoms with Crippen molar-refractivity contribution in [2.24, 2.45) is 28.9 Å². The summed E-state index contributed by atoms with van der Waals surface area (Å²) in [5, 5.41) is 4.08. The van der Waals surface area contributed by atoms with Crippen LogP contribution in [0.15, 0.2) is 4.52 Å². The molecule has 0 spiro atoms. The van der Waals surface area contributed by atoms with Crippen molar-refractivity contribution in [1.29, 1.82) is 0 Å². The maximum atomic E-state index is 6.17. The van der Waals surface area contributed by atoms with Crippen molar-refractivity contribution in [1.82, 2.24) is 10.1 Å². The highest BCUT2D eigenvalue weighted by Crippen LogP contribution is 2.49. The van der Waals surface area contributed by atoms with Gasteiger partial charge >= 0.3 is 0 Å². The van der Waals surface area contributed by atoms with Gasteiger partial charge in [-0.1, -0.05) is 32.3 Å². The zero-order chi connectivity index (χ0) is 13.6. The Morgan fingerprint density at radius 1 is 1.32 bits per heavy atom. The van der Waals surface area contributed by atoms with E-state index in [2.05, 4.69) is 30.9 Å². The second-order valence-electron chi connectivity index (χ2n) is 7.53. The maximum absolute atomic E-state index is 6.17. The van der Waals surface area contributed by atoms with E-state index in [0.29, 0.717) is 5.82 Å². The summed E-state index contributed by atoms with van der Waals surface area (Å²) in [4.78, 5) is 4.52. The molecule has 19 heavy (non-hydrogen) atoms. The molecule has 4 unspecified atom stereocenters. The fourth-order valence-corrected chi connectivity index (χ4v) is 3.72. The van der Waals surface area contributed by atoms with Crippen molar-refractivity contribution < 1.29 is 4.52 Å². The summed E-state index contributed by atoms with van der Waals surface area (Å²) in [6, 6.07) is -0.162. The van der Waals surface area contributed by atoms with Crippen molar-refractivity contribution in [2.75, 3.05) is 0 Å². The Morgan fingerprint density at radius 2 is 2.11 bits per heavy atom. The molecular formula is C15H25N3O. The molecule has 2 fully saturated rings. The largest absolute Gasteiger partial charge is 0.339 e. The lowest BCUT2D eigenvalue weighted by molar-refractivity contribution is 0.280. The lowest BCUT2D eigenvalue weighted by Gasteiger charge is -2.23. The topological polar surface area (TPSA) is 64.9 Å². The molecule has 4 heteroatoms. The van der Waals surface area contributed by atoms with Crippen LogP contribution in [0.4, 0.5) is 0 Å². The molecule has 0 radical (unpaired) electrons. The van der Waals surface area contributed by atoms with Gasteiger partial charge < -0.3 is 10.3 Å². The average Bonchev–Trinajstić information content (AvgIpc) is 3.02. The monoisotopic (exact) mass is 263 g/mol. The first-order valence-corrected chi connectivity index (χ1v) is 7.51. The van der Waals surface area contributed by atoms with Gasteiger partial charge in [-0.05, 0) is 42.4 Å². The first-order chi connectivity index (χ1) is 8.93. The van der Waals surface area contributed by atoms with Crippen molar-refractivity contribution in [3.05, 3.63) is 11.7 Å². The average molecular weight is 263 g/mol. The van der Waals surface area contributed by atoms with Crippen LogP contribution in [0.1, 0.15) is 64.2 Å². The van der Waals surface area contributed by atoms with Gasteiger partial charge in [-0.15, -0.1) is 0 Å². The highest BCUT2D eigenvalue weighted by molar-refractivity contribution is 5.00. The Balaban J connectivity index is 1.65. The van der Waals surface area contributed by atoms with Crippen LogP contribution in [0, 0.1) is 23.2 Å². The second kappa shape index (κ2) is 4.58. The molecule has 0 aromatic carbocycles. The Hall–Kier alpha value is -0.900. The highest BCUT2D eigenvalue weighted by atomic mass is 16.5. The molecule has 3 rings (SSSR count). The van der Waals surface area contributed by atoms with Crippen LogP contribution in [-0.4, -0.2) is 10.1 Å². The molecule has 1 heterocycles. The summed E-state index contributed by atoms with van der Waals surface area (Å²) in [6.45, 7) is 6.30. The summed E-state index contributed by atoms with van der Waals surface area (Å²) in [5.41, 5.74) is 6.13. The quantitative estimate of drug-likeness (QED) is 0.910. The van der Waals surface area contributed by atoms with Crippen LogP contribution in [0.5, 0.6) is 0 Å². The first-order valence-electron chi connectivity index (χ1n) is 7.51. The van der Waals surface area contributed by atoms with Crippen LogP contribution in [0.3, 0.4) is 0 Å². The zero-order valence-corrected chi connectivity index (χ0v) is 12.2. The fraction of sp³-hybridized carbons (Fsp3) is 0.867. The standard InChI is InChI=1S/C15H25N3O/c1-15(2,3)13(16)14-17-12(19-18-14)8-11-7-9-4-5-10(11)6-9/h9-11,13H,4-8,16H2,1-3H3. The number of aromatic nitrogens is 2. The molecule has 1 aromatic heterocycles. The first kappa shape index (κ1) is 13.1. The van der Waals surface area contributed by atoms with Crippen LogP contribution in [0.2, 0.25) is 0 Å². The van der Waals surface area contributed by atoms with Gasteiger partial charge in [-0.2, -0.15) is 4.98 Å². The van der Waals surface area contributed by atoms with E-state index in [1.54, 1.807) is 0 Å². The number of hydrogen-bond donors (Lipinski definition) is 1. The molecule has 2 aliphatic rings. The lowest BCUT2D eigenvalue weighted by Crippen LogP contribution is -2.27. The molecule has 4 atom stereocenters. The molecule has 1 aromatic rings. The van der Waals surface area contributed by atoms with E-state index in [9.17, 15) is 0 Å². The fourth-order valence-electron chi connectivity index (χ4n) is 3.72. The molecule has 2 N–H and O–H groups in total.